The third-order valence-corrected chi connectivity index (χ3v) is 9.79. The molecule has 0 aliphatic heterocycles. The first-order valence-electron chi connectivity index (χ1n) is 18.2. The van der Waals surface area contributed by atoms with Crippen LogP contribution in [0.15, 0.2) is 212 Å². The molecule has 0 fully saturated rings. The van der Waals surface area contributed by atoms with E-state index >= 15 is 0 Å². The summed E-state index contributed by atoms with van der Waals surface area (Å²) in [5.74, 6) is 1.85. The largest absolute Gasteiger partial charge is 0.208 e. The third kappa shape index (κ3) is 6.63. The number of benzene rings is 8. The normalized spacial score (nSPS) is 11.0. The molecular formula is C51H35N3. The van der Waals surface area contributed by atoms with Crippen LogP contribution in [0.3, 0.4) is 0 Å². The monoisotopic (exact) mass is 689 g/mol. The van der Waals surface area contributed by atoms with Crippen LogP contribution in [0, 0.1) is 0 Å². The molecule has 54 heavy (non-hydrogen) atoms. The van der Waals surface area contributed by atoms with Gasteiger partial charge in [0, 0.05) is 22.3 Å². The predicted molar refractivity (Wildman–Crippen MR) is 223 cm³/mol. The van der Waals surface area contributed by atoms with Crippen molar-refractivity contribution < 1.29 is 0 Å². The van der Waals surface area contributed by atoms with Crippen molar-refractivity contribution in [1.29, 1.82) is 0 Å². The number of nitrogens with zero attached hydrogens (tertiary/aromatic N) is 3. The van der Waals surface area contributed by atoms with E-state index in [0.717, 1.165) is 72.3 Å². The van der Waals surface area contributed by atoms with Crippen LogP contribution < -0.4 is 0 Å². The van der Waals surface area contributed by atoms with Crippen molar-refractivity contribution in [3.05, 3.63) is 212 Å². The average Bonchev–Trinajstić information content (AvgIpc) is 3.27. The summed E-state index contributed by atoms with van der Waals surface area (Å²) in [7, 11) is 0. The van der Waals surface area contributed by atoms with Gasteiger partial charge in [0.2, 0.25) is 0 Å². The van der Waals surface area contributed by atoms with Crippen LogP contribution in [-0.4, -0.2) is 15.0 Å². The van der Waals surface area contributed by atoms with E-state index < -0.39 is 0 Å². The summed E-state index contributed by atoms with van der Waals surface area (Å²) < 4.78 is 0. The first-order valence-corrected chi connectivity index (χ1v) is 18.2. The Kier molecular flexibility index (Phi) is 8.94. The summed E-state index contributed by atoms with van der Waals surface area (Å²) in [6.45, 7) is 0. The van der Waals surface area contributed by atoms with E-state index in [1.807, 2.05) is 18.2 Å². The van der Waals surface area contributed by atoms with Crippen molar-refractivity contribution in [2.75, 3.05) is 0 Å². The highest BCUT2D eigenvalue weighted by molar-refractivity contribution is 5.94. The molecule has 0 saturated heterocycles. The topological polar surface area (TPSA) is 38.7 Å². The molecule has 0 radical (unpaired) electrons. The minimum absolute atomic E-state index is 0.615. The van der Waals surface area contributed by atoms with E-state index in [9.17, 15) is 0 Å². The van der Waals surface area contributed by atoms with Crippen molar-refractivity contribution in [2.45, 2.75) is 0 Å². The van der Waals surface area contributed by atoms with Crippen LogP contribution in [0.5, 0.6) is 0 Å². The maximum Gasteiger partial charge on any atom is 0.164 e. The van der Waals surface area contributed by atoms with Crippen LogP contribution >= 0.6 is 0 Å². The van der Waals surface area contributed by atoms with Crippen molar-refractivity contribution in [3.8, 4) is 89.8 Å². The second kappa shape index (κ2) is 14.8. The molecule has 254 valence electrons. The minimum atomic E-state index is 0.615. The Morgan fingerprint density at radius 2 is 0.593 bits per heavy atom. The number of hydrogen-bond acceptors (Lipinski definition) is 3. The summed E-state index contributed by atoms with van der Waals surface area (Å²) in [4.78, 5) is 15.9. The Hall–Kier alpha value is -7.23. The lowest BCUT2D eigenvalue weighted by Gasteiger charge is -2.17. The summed E-state index contributed by atoms with van der Waals surface area (Å²) in [5.41, 5.74) is 14.0. The maximum atomic E-state index is 5.35. The van der Waals surface area contributed by atoms with Crippen molar-refractivity contribution in [3.63, 3.8) is 0 Å². The third-order valence-electron chi connectivity index (χ3n) is 9.79. The Morgan fingerprint density at radius 3 is 1.17 bits per heavy atom. The van der Waals surface area contributed by atoms with Crippen LogP contribution in [0.4, 0.5) is 0 Å². The first-order chi connectivity index (χ1) is 26.8. The van der Waals surface area contributed by atoms with Crippen molar-refractivity contribution in [2.24, 2.45) is 0 Å². The zero-order valence-electron chi connectivity index (χ0n) is 29.5. The molecule has 8 aromatic carbocycles. The van der Waals surface area contributed by atoms with Crippen molar-refractivity contribution in [1.82, 2.24) is 15.0 Å². The average molecular weight is 690 g/mol. The summed E-state index contributed by atoms with van der Waals surface area (Å²) in [6.07, 6.45) is 0. The van der Waals surface area contributed by atoms with E-state index in [4.69, 9.17) is 15.0 Å². The fraction of sp³-hybridized carbons (Fsp3) is 0. The standard InChI is InChI=1S/C51H35N3/c1-6-17-36(18-7-1)38-29-31-42(32-30-38)49-52-50(45-34-33-43(37-19-8-2-9-20-37)35-47(45)40-23-12-4-13-24-40)54-51(53-49)46-28-16-27-44(39-21-10-3-11-22-39)48(46)41-25-14-5-15-26-41/h1-35H. The molecule has 1 heterocycles. The van der Waals surface area contributed by atoms with Crippen LogP contribution in [0.2, 0.25) is 0 Å². The maximum absolute atomic E-state index is 5.35. The Morgan fingerprint density at radius 1 is 0.204 bits per heavy atom. The summed E-state index contributed by atoms with van der Waals surface area (Å²) in [6, 6.07) is 74.0. The van der Waals surface area contributed by atoms with E-state index in [0.29, 0.717) is 17.5 Å². The van der Waals surface area contributed by atoms with Gasteiger partial charge in [-0.05, 0) is 62.2 Å². The molecule has 9 aromatic rings. The van der Waals surface area contributed by atoms with Crippen LogP contribution in [-0.2, 0) is 0 Å². The zero-order valence-corrected chi connectivity index (χ0v) is 29.5. The highest BCUT2D eigenvalue weighted by atomic mass is 15.0. The van der Waals surface area contributed by atoms with E-state index in [-0.39, 0.29) is 0 Å². The van der Waals surface area contributed by atoms with Gasteiger partial charge < -0.3 is 0 Å². The number of hydrogen-bond donors (Lipinski definition) is 0. The second-order valence-electron chi connectivity index (χ2n) is 13.2. The molecule has 0 aliphatic rings. The van der Waals surface area contributed by atoms with Gasteiger partial charge in [0.1, 0.15) is 0 Å². The lowest BCUT2D eigenvalue weighted by molar-refractivity contribution is 1.07. The van der Waals surface area contributed by atoms with E-state index in [1.165, 1.54) is 0 Å². The van der Waals surface area contributed by atoms with Crippen LogP contribution in [0.25, 0.3) is 89.8 Å². The first kappa shape index (κ1) is 32.7. The number of rotatable bonds is 8. The molecule has 0 aliphatic carbocycles. The van der Waals surface area contributed by atoms with Gasteiger partial charge in [0.25, 0.3) is 0 Å². The number of aromatic nitrogens is 3. The molecule has 0 bridgehead atoms. The molecule has 0 amide bonds. The molecule has 0 atom stereocenters. The molecule has 3 nitrogen and oxygen atoms in total. The molecule has 3 heteroatoms. The van der Waals surface area contributed by atoms with Gasteiger partial charge >= 0.3 is 0 Å². The van der Waals surface area contributed by atoms with Gasteiger partial charge in [0.15, 0.2) is 17.5 Å². The molecule has 9 rings (SSSR count). The van der Waals surface area contributed by atoms with E-state index in [1.54, 1.807) is 0 Å². The summed E-state index contributed by atoms with van der Waals surface area (Å²) >= 11 is 0. The Labute approximate surface area is 316 Å². The van der Waals surface area contributed by atoms with Gasteiger partial charge in [-0.1, -0.05) is 200 Å². The minimum Gasteiger partial charge on any atom is -0.208 e. The Balaban J connectivity index is 1.29. The lowest BCUT2D eigenvalue weighted by atomic mass is 9.90. The zero-order chi connectivity index (χ0) is 36.1. The highest BCUT2D eigenvalue weighted by Gasteiger charge is 2.21. The lowest BCUT2D eigenvalue weighted by Crippen LogP contribution is -2.02. The molecule has 0 spiro atoms. The van der Waals surface area contributed by atoms with Gasteiger partial charge in [-0.15, -0.1) is 0 Å². The fourth-order valence-electron chi connectivity index (χ4n) is 7.11. The van der Waals surface area contributed by atoms with Gasteiger partial charge in [0.05, 0.1) is 0 Å². The van der Waals surface area contributed by atoms with Gasteiger partial charge in [-0.25, -0.2) is 15.0 Å². The van der Waals surface area contributed by atoms with Gasteiger partial charge in [-0.2, -0.15) is 0 Å². The second-order valence-corrected chi connectivity index (χ2v) is 13.2. The molecular weight excluding hydrogens is 655 g/mol. The molecule has 0 unspecified atom stereocenters. The summed E-state index contributed by atoms with van der Waals surface area (Å²) in [5, 5.41) is 0. The highest BCUT2D eigenvalue weighted by Crippen LogP contribution is 2.41. The quantitative estimate of drug-likeness (QED) is 0.159. The molecule has 0 N–H and O–H groups in total. The Bertz CT molecular complexity index is 2660. The fourth-order valence-corrected chi connectivity index (χ4v) is 7.11. The van der Waals surface area contributed by atoms with Crippen LogP contribution in [0.1, 0.15) is 0 Å². The molecule has 1 aromatic heterocycles. The van der Waals surface area contributed by atoms with Crippen molar-refractivity contribution >= 4 is 0 Å². The van der Waals surface area contributed by atoms with Gasteiger partial charge in [-0.3, -0.25) is 0 Å². The SMILES string of the molecule is c1ccc(-c2ccc(-c3nc(-c4ccc(-c5ccccc5)cc4-c4ccccc4)nc(-c4cccc(-c5ccccc5)c4-c4ccccc4)n3)cc2)cc1. The molecule has 0 saturated carbocycles. The predicted octanol–water partition coefficient (Wildman–Crippen LogP) is 13.2. The van der Waals surface area contributed by atoms with E-state index in [2.05, 4.69) is 194 Å². The smallest absolute Gasteiger partial charge is 0.164 e.